The van der Waals surface area contributed by atoms with Crippen molar-refractivity contribution in [3.63, 3.8) is 0 Å². The van der Waals surface area contributed by atoms with Gasteiger partial charge in [0.15, 0.2) is 0 Å². The summed E-state index contributed by atoms with van der Waals surface area (Å²) in [5.74, 6) is 0. The summed E-state index contributed by atoms with van der Waals surface area (Å²) in [7, 11) is 0. The topological polar surface area (TPSA) is 35.0 Å². The van der Waals surface area contributed by atoms with E-state index in [-0.39, 0.29) is 6.61 Å². The van der Waals surface area contributed by atoms with Crippen molar-refractivity contribution in [3.05, 3.63) is 35.4 Å². The highest BCUT2D eigenvalue weighted by Gasteiger charge is 2.29. The van der Waals surface area contributed by atoms with E-state index >= 15 is 0 Å². The lowest BCUT2D eigenvalue weighted by Crippen LogP contribution is -2.05. The van der Waals surface area contributed by atoms with Crippen LogP contribution in [0.4, 0.5) is 13.2 Å². The van der Waals surface area contributed by atoms with Gasteiger partial charge in [0, 0.05) is 11.5 Å². The van der Waals surface area contributed by atoms with E-state index in [4.69, 9.17) is 4.74 Å². The summed E-state index contributed by atoms with van der Waals surface area (Å²) in [5.41, 5.74) is -0.0225. The Morgan fingerprint density at radius 2 is 1.95 bits per heavy atom. The summed E-state index contributed by atoms with van der Waals surface area (Å²) in [5, 5.41) is 1.02. The van der Waals surface area contributed by atoms with Gasteiger partial charge in [-0.3, -0.25) is 0 Å². The highest BCUT2D eigenvalue weighted by molar-refractivity contribution is 7.98. The highest BCUT2D eigenvalue weighted by Crippen LogP contribution is 2.29. The predicted molar refractivity (Wildman–Crippen MR) is 67.5 cm³/mol. The van der Waals surface area contributed by atoms with E-state index in [2.05, 4.69) is 9.36 Å². The number of hydrogen-bond donors (Lipinski definition) is 0. The van der Waals surface area contributed by atoms with Crippen molar-refractivity contribution in [1.82, 2.24) is 9.36 Å². The quantitative estimate of drug-likeness (QED) is 0.804. The van der Waals surface area contributed by atoms with E-state index in [9.17, 15) is 13.2 Å². The van der Waals surface area contributed by atoms with E-state index in [0.717, 1.165) is 23.7 Å². The van der Waals surface area contributed by atoms with E-state index in [0.29, 0.717) is 15.9 Å². The van der Waals surface area contributed by atoms with Crippen LogP contribution in [-0.2, 0) is 12.8 Å². The summed E-state index contributed by atoms with van der Waals surface area (Å²) in [6, 6.07) is 4.84. The Hall–Kier alpha value is -1.28. The Morgan fingerprint density at radius 3 is 2.47 bits per heavy atom. The first-order valence-electron chi connectivity index (χ1n) is 5.15. The minimum Gasteiger partial charge on any atom is -0.464 e. The zero-order valence-corrected chi connectivity index (χ0v) is 11.4. The molecule has 0 bridgehead atoms. The molecule has 0 fully saturated rings. The lowest BCUT2D eigenvalue weighted by molar-refractivity contribution is -0.137. The Balaban J connectivity index is 1.96. The molecule has 0 aliphatic rings. The Labute approximate surface area is 116 Å². The van der Waals surface area contributed by atoms with Crippen LogP contribution in [0.1, 0.15) is 11.1 Å². The van der Waals surface area contributed by atoms with Gasteiger partial charge in [0.2, 0.25) is 5.16 Å². The molecule has 0 aliphatic carbocycles. The first-order valence-corrected chi connectivity index (χ1v) is 7.15. The molecule has 0 N–H and O–H groups in total. The van der Waals surface area contributed by atoms with E-state index in [1.807, 2.05) is 6.26 Å². The third-order valence-electron chi connectivity index (χ3n) is 2.21. The Kier molecular flexibility index (Phi) is 4.31. The molecule has 0 spiro atoms. The van der Waals surface area contributed by atoms with Crippen molar-refractivity contribution in [2.45, 2.75) is 17.9 Å². The first kappa shape index (κ1) is 14.1. The van der Waals surface area contributed by atoms with E-state index in [1.54, 1.807) is 0 Å². The second-order valence-electron chi connectivity index (χ2n) is 3.53. The molecule has 0 radical (unpaired) electrons. The SMILES string of the molecule is CSc1nsc(OCc2ccc(C(F)(F)F)cc2)n1. The van der Waals surface area contributed by atoms with Crippen LogP contribution >= 0.6 is 23.3 Å². The van der Waals surface area contributed by atoms with Gasteiger partial charge >= 0.3 is 6.18 Å². The molecular weight excluding hydrogens is 297 g/mol. The molecule has 0 saturated carbocycles. The minimum atomic E-state index is -4.31. The van der Waals surface area contributed by atoms with Crippen molar-refractivity contribution >= 4 is 23.3 Å². The fourth-order valence-electron chi connectivity index (χ4n) is 1.27. The van der Waals surface area contributed by atoms with Crippen LogP contribution in [0.25, 0.3) is 0 Å². The molecule has 2 aromatic rings. The van der Waals surface area contributed by atoms with Crippen molar-refractivity contribution in [3.8, 4) is 5.19 Å². The standard InChI is InChI=1S/C11H9F3N2OS2/c1-18-9-15-10(19-16-9)17-6-7-2-4-8(5-3-7)11(12,13)14/h2-5H,6H2,1H3. The summed E-state index contributed by atoms with van der Waals surface area (Å²) >= 11 is 2.52. The maximum Gasteiger partial charge on any atom is 0.416 e. The number of rotatable bonds is 4. The lowest BCUT2D eigenvalue weighted by Gasteiger charge is -2.07. The predicted octanol–water partition coefficient (Wildman–Crippen LogP) is 3.86. The summed E-state index contributed by atoms with van der Waals surface area (Å²) in [4.78, 5) is 4.07. The number of hydrogen-bond acceptors (Lipinski definition) is 5. The van der Waals surface area contributed by atoms with Crippen molar-refractivity contribution in [2.75, 3.05) is 6.26 Å². The molecule has 0 saturated heterocycles. The summed E-state index contributed by atoms with van der Waals surface area (Å²) in [6.07, 6.45) is -2.46. The number of aromatic nitrogens is 2. The van der Waals surface area contributed by atoms with E-state index in [1.165, 1.54) is 23.9 Å². The molecule has 3 nitrogen and oxygen atoms in total. The normalized spacial score (nSPS) is 11.6. The molecule has 1 aromatic carbocycles. The zero-order chi connectivity index (χ0) is 13.9. The molecule has 2 rings (SSSR count). The number of nitrogens with zero attached hydrogens (tertiary/aromatic N) is 2. The minimum absolute atomic E-state index is 0.168. The molecule has 0 atom stereocenters. The molecule has 19 heavy (non-hydrogen) atoms. The molecule has 102 valence electrons. The molecular formula is C11H9F3N2OS2. The number of thioether (sulfide) groups is 1. The molecule has 0 aliphatic heterocycles. The van der Waals surface area contributed by atoms with Gasteiger partial charge in [-0.05, 0) is 24.0 Å². The van der Waals surface area contributed by atoms with Gasteiger partial charge in [0.25, 0.3) is 5.19 Å². The van der Waals surface area contributed by atoms with Crippen molar-refractivity contribution in [1.29, 1.82) is 0 Å². The van der Waals surface area contributed by atoms with Crippen LogP contribution in [0.15, 0.2) is 29.4 Å². The first-order chi connectivity index (χ1) is 8.99. The number of halogens is 3. The maximum atomic E-state index is 12.4. The van der Waals surface area contributed by atoms with E-state index < -0.39 is 11.7 Å². The Bertz CT molecular complexity index is 540. The third-order valence-corrected chi connectivity index (χ3v) is 3.51. The van der Waals surface area contributed by atoms with Gasteiger partial charge in [0.1, 0.15) is 6.61 Å². The fraction of sp³-hybridized carbons (Fsp3) is 0.273. The van der Waals surface area contributed by atoms with Gasteiger partial charge in [-0.25, -0.2) is 0 Å². The summed E-state index contributed by atoms with van der Waals surface area (Å²) < 4.78 is 46.4. The van der Waals surface area contributed by atoms with Gasteiger partial charge in [-0.15, -0.1) is 0 Å². The van der Waals surface area contributed by atoms with Gasteiger partial charge < -0.3 is 4.74 Å². The zero-order valence-electron chi connectivity index (χ0n) is 9.77. The Morgan fingerprint density at radius 1 is 1.26 bits per heavy atom. The van der Waals surface area contributed by atoms with Crippen LogP contribution in [-0.4, -0.2) is 15.6 Å². The molecule has 1 aromatic heterocycles. The largest absolute Gasteiger partial charge is 0.464 e. The second-order valence-corrected chi connectivity index (χ2v) is 5.02. The van der Waals surface area contributed by atoms with Crippen LogP contribution in [0.2, 0.25) is 0 Å². The lowest BCUT2D eigenvalue weighted by atomic mass is 10.1. The average molecular weight is 306 g/mol. The number of alkyl halides is 3. The van der Waals surface area contributed by atoms with Gasteiger partial charge in [-0.2, -0.15) is 22.5 Å². The molecule has 0 unspecified atom stereocenters. The van der Waals surface area contributed by atoms with Crippen LogP contribution < -0.4 is 4.74 Å². The van der Waals surface area contributed by atoms with Crippen LogP contribution in [0.3, 0.4) is 0 Å². The second kappa shape index (κ2) is 5.79. The van der Waals surface area contributed by atoms with Crippen LogP contribution in [0.5, 0.6) is 5.19 Å². The highest BCUT2D eigenvalue weighted by atomic mass is 32.2. The summed E-state index contributed by atoms with van der Waals surface area (Å²) in [6.45, 7) is 0.168. The molecule has 0 amide bonds. The number of benzene rings is 1. The third kappa shape index (κ3) is 3.84. The monoisotopic (exact) mass is 306 g/mol. The van der Waals surface area contributed by atoms with Crippen molar-refractivity contribution in [2.24, 2.45) is 0 Å². The number of ether oxygens (including phenoxy) is 1. The molecule has 1 heterocycles. The molecule has 8 heteroatoms. The maximum absolute atomic E-state index is 12.4. The van der Waals surface area contributed by atoms with Gasteiger partial charge in [-0.1, -0.05) is 23.9 Å². The van der Waals surface area contributed by atoms with Crippen molar-refractivity contribution < 1.29 is 17.9 Å². The smallest absolute Gasteiger partial charge is 0.416 e. The van der Waals surface area contributed by atoms with Gasteiger partial charge in [0.05, 0.1) is 5.56 Å². The average Bonchev–Trinajstić information content (AvgIpc) is 2.84. The fourth-order valence-corrected chi connectivity index (χ4v) is 2.35. The van der Waals surface area contributed by atoms with Crippen LogP contribution in [0, 0.1) is 0 Å².